The molecule has 0 aliphatic carbocycles. The fourth-order valence-corrected chi connectivity index (χ4v) is 31.0. The van der Waals surface area contributed by atoms with E-state index in [-0.39, 0.29) is 45.1 Å². The largest absolute Gasteiger partial charge is 0.508 e. The highest BCUT2D eigenvalue weighted by molar-refractivity contribution is 14.1. The van der Waals surface area contributed by atoms with Crippen molar-refractivity contribution >= 4 is 441 Å². The quantitative estimate of drug-likeness (QED) is 0.0235. The molecule has 13 aromatic carbocycles. The Labute approximate surface area is 953 Å². The Morgan fingerprint density at radius 2 is 0.669 bits per heavy atom. The van der Waals surface area contributed by atoms with E-state index in [1.165, 1.54) is 30.3 Å². The van der Waals surface area contributed by atoms with E-state index in [1.54, 1.807) is 97.1 Å². The maximum Gasteiger partial charge on any atom is 0.343 e. The van der Waals surface area contributed by atoms with Gasteiger partial charge in [-0.05, 0) is 557 Å². The Morgan fingerprint density at radius 1 is 0.331 bits per heavy atom. The van der Waals surface area contributed by atoms with Crippen LogP contribution in [-0.2, 0) is 40.6 Å². The Bertz CT molecular complexity index is 6370. The first-order chi connectivity index (χ1) is 58.5. The van der Waals surface area contributed by atoms with E-state index in [1.807, 2.05) is 243 Å². The number of aromatic carboxylic acids is 1. The highest BCUT2D eigenvalue weighted by Crippen LogP contribution is 2.61. The minimum absolute atomic E-state index is 0.103. The van der Waals surface area contributed by atoms with Gasteiger partial charge in [-0.2, -0.15) is 8.42 Å². The maximum absolute atomic E-state index is 13.0. The first kappa shape index (κ1) is 102. The number of benzene rings is 13. The van der Waals surface area contributed by atoms with Crippen molar-refractivity contribution < 1.29 is 96.7 Å². The molecule has 124 heavy (non-hydrogen) atoms. The molecule has 1 spiro atoms. The van der Waals surface area contributed by atoms with Crippen LogP contribution in [0.5, 0.6) is 63.2 Å². The molecule has 0 fully saturated rings. The molecule has 13 aromatic rings. The number of phenols is 8. The van der Waals surface area contributed by atoms with Gasteiger partial charge in [-0.1, -0.05) is 72.8 Å². The van der Waals surface area contributed by atoms with Gasteiger partial charge < -0.3 is 64.9 Å². The van der Waals surface area contributed by atoms with Crippen molar-refractivity contribution in [2.75, 3.05) is 0 Å². The third kappa shape index (κ3) is 21.1. The van der Waals surface area contributed by atoms with E-state index >= 15 is 0 Å². The number of hydrogen-bond donors (Lipinski definition) is 9. The summed E-state index contributed by atoms with van der Waals surface area (Å²) in [6.45, 7) is 0. The topological polar surface area (TPSA) is 331 Å². The fourth-order valence-electron chi connectivity index (χ4n) is 13.0. The van der Waals surface area contributed by atoms with Crippen molar-refractivity contribution in [2.45, 2.75) is 21.7 Å². The van der Waals surface area contributed by atoms with E-state index in [9.17, 15) is 63.3 Å². The Balaban J connectivity index is 0.000000141. The number of fused-ring (bicyclic) bond motifs is 8. The molecule has 4 aliphatic heterocycles. The highest BCUT2D eigenvalue weighted by Gasteiger charge is 2.56. The number of carbonyl (C=O) groups is 4. The van der Waals surface area contributed by atoms with E-state index < -0.39 is 50.8 Å². The fraction of sp³-hybridized carbons (Fsp3) is 0.0353. The number of carbonyl (C=O) groups excluding carboxylic acids is 3. The molecule has 4 heterocycles. The van der Waals surface area contributed by atoms with Crippen LogP contribution >= 0.6 is 407 Å². The average Bonchev–Trinajstić information content (AvgIpc) is 1.46. The molecule has 20 nitrogen and oxygen atoms in total. The molecule has 0 amide bonds. The van der Waals surface area contributed by atoms with Crippen LogP contribution in [-0.4, -0.2) is 78.3 Å². The van der Waals surface area contributed by atoms with Crippen LogP contribution in [0, 0.1) is 64.3 Å². The van der Waals surface area contributed by atoms with E-state index in [2.05, 4.69) is 248 Å². The molecule has 0 radical (unpaired) electrons. The van der Waals surface area contributed by atoms with Gasteiger partial charge in [-0.3, -0.25) is 0 Å². The van der Waals surface area contributed by atoms with Gasteiger partial charge >= 0.3 is 23.9 Å². The lowest BCUT2D eigenvalue weighted by Gasteiger charge is -2.37. The summed E-state index contributed by atoms with van der Waals surface area (Å²) in [5, 5.41) is 89.2. The number of carboxylic acid groups (broad SMARTS) is 1. The van der Waals surface area contributed by atoms with Crippen LogP contribution in [0.2, 0.25) is 0 Å². The van der Waals surface area contributed by atoms with Gasteiger partial charge in [0.25, 0.3) is 10.1 Å². The number of ether oxygens (including phenoxy) is 4. The number of halogens is 18. The summed E-state index contributed by atoms with van der Waals surface area (Å²) < 4.78 is 68.1. The lowest BCUT2D eigenvalue weighted by molar-refractivity contribution is 0.0219. The SMILES string of the molecule is O=C(O)c1c(I)ccc(I)c1I.O=C(Oc1ccc(O)cc1)c1ccccc1.O=C1OC(c2cc(I)c(O)c(I)c2)(c2cc(I)c(O)c(I)c2)c2ccccc21.O=C1OC2(c3ccccc31)c1cc(I)c(O)c(I)c1Oc1c2cc(I)c(O)c1I.O=S1(=O)OC(c2cc(I)c(O)c(I)c2)(c2cc(I)c(O)c(I)c2)c2ccccc21.Oc1c(I)cc(I)cc1I. The Morgan fingerprint density at radius 3 is 1.07 bits per heavy atom. The van der Waals surface area contributed by atoms with Gasteiger partial charge in [0, 0.05) is 42.1 Å². The van der Waals surface area contributed by atoms with Gasteiger partial charge in [0.1, 0.15) is 56.6 Å². The summed E-state index contributed by atoms with van der Waals surface area (Å²) in [6, 6.07) is 61.5. The van der Waals surface area contributed by atoms with Crippen molar-refractivity contribution in [1.29, 1.82) is 0 Å². The molecule has 39 heteroatoms. The van der Waals surface area contributed by atoms with Gasteiger partial charge in [0.05, 0.1) is 83.4 Å². The molecular formula is C85H44I18O20S. The number of carboxylic acids is 1. The highest BCUT2D eigenvalue weighted by atomic mass is 127. The first-order valence-corrected chi connectivity index (χ1v) is 55.2. The molecule has 0 atom stereocenters. The van der Waals surface area contributed by atoms with Gasteiger partial charge in [0.15, 0.2) is 28.3 Å². The van der Waals surface area contributed by atoms with Crippen molar-refractivity contribution in [1.82, 2.24) is 0 Å². The van der Waals surface area contributed by atoms with Crippen molar-refractivity contribution in [3.05, 3.63) is 349 Å². The number of phenolic OH excluding ortho intramolecular Hbond substituents is 8. The van der Waals surface area contributed by atoms with E-state index in [4.69, 9.17) is 33.3 Å². The minimum atomic E-state index is -4.02. The molecule has 4 aliphatic rings. The molecule has 0 aromatic heterocycles. The number of rotatable bonds is 7. The average molecular weight is 3700 g/mol. The smallest absolute Gasteiger partial charge is 0.343 e. The zero-order chi connectivity index (χ0) is 90.4. The zero-order valence-corrected chi connectivity index (χ0v) is 101. The van der Waals surface area contributed by atoms with Crippen LogP contribution in [0.3, 0.4) is 0 Å². The van der Waals surface area contributed by atoms with Crippen LogP contribution in [0.15, 0.2) is 217 Å². The monoisotopic (exact) mass is 3700 g/mol. The van der Waals surface area contributed by atoms with Crippen molar-refractivity contribution in [2.24, 2.45) is 0 Å². The summed E-state index contributed by atoms with van der Waals surface area (Å²) in [4.78, 5) is 48.1. The summed E-state index contributed by atoms with van der Waals surface area (Å²) in [7, 11) is -4.02. The number of aromatic hydroxyl groups is 8. The second-order valence-electron chi connectivity index (χ2n) is 26.0. The third-order valence-electron chi connectivity index (χ3n) is 18.6. The number of hydrogen-bond acceptors (Lipinski definition) is 19. The van der Waals surface area contributed by atoms with E-state index in [0.717, 1.165) is 38.1 Å². The second-order valence-corrected chi connectivity index (χ2v) is 48.3. The number of esters is 3. The second kappa shape index (κ2) is 42.9. The van der Waals surface area contributed by atoms with E-state index in [0.29, 0.717) is 121 Å². The van der Waals surface area contributed by atoms with Crippen molar-refractivity contribution in [3.8, 4) is 63.2 Å². The molecule has 17 rings (SSSR count). The summed E-state index contributed by atoms with van der Waals surface area (Å²) in [5.41, 5.74) is 3.98. The molecular weight excluding hydrogens is 3660 g/mol. The first-order valence-electron chi connectivity index (χ1n) is 34.3. The Kier molecular flexibility index (Phi) is 35.3. The lowest BCUT2D eigenvalue weighted by atomic mass is 9.77. The van der Waals surface area contributed by atoms with Gasteiger partial charge in [-0.15, -0.1) is 0 Å². The predicted octanol–water partition coefficient (Wildman–Crippen LogP) is 26.6. The maximum atomic E-state index is 13.0. The third-order valence-corrected chi connectivity index (χ3v) is 36.4. The summed E-state index contributed by atoms with van der Waals surface area (Å²) in [6.07, 6.45) is 0. The van der Waals surface area contributed by atoms with Crippen LogP contribution < -0.4 is 9.47 Å². The predicted molar refractivity (Wildman–Crippen MR) is 617 cm³/mol. The van der Waals surface area contributed by atoms with Gasteiger partial charge in [0.2, 0.25) is 0 Å². The molecule has 636 valence electrons. The van der Waals surface area contributed by atoms with Crippen LogP contribution in [0.4, 0.5) is 0 Å². The zero-order valence-electron chi connectivity index (χ0n) is 60.9. The standard InChI is InChI=1S/C20H8I4O5.C20H10I4O4.C19H10I4O5S.C13H10O3.C7H3I3O2.C6H3I3O/c21-11-5-9-17(13(23)15(11)25)28-18-10(6-12(22)16(26)14(18)24)20(9)8-4-2-1-3-7(8)19(27)29-20;21-13-5-9(6-14(22)17(13)25)20(10-7-15(23)18(26)16(24)8-10)12-4-2-1-3-11(12)19(27)28-20;20-12-5-9(6-13(21)17(12)24)19(10-7-14(22)18(25)15(23)8-10)11-3-1-2-4-16(11)29(26,27)28-19;14-11-6-8-12(9-7-11)16-13(15)10-4-2-1-3-5-10;8-3-1-2-4(9)6(10)5(3)7(11)12;7-3-1-4(8)6(10)5(9)2-3/h1-6,25-26H;1-8,25-26H;1-8,24-25H;1-9,14H;1-2H,(H,11,12);1-2,10H. The van der Waals surface area contributed by atoms with Gasteiger partial charge in [-0.25, -0.2) is 23.4 Å². The molecule has 0 bridgehead atoms. The molecule has 9 N–H and O–H groups in total. The van der Waals surface area contributed by atoms with Crippen LogP contribution in [0.25, 0.3) is 0 Å². The summed E-state index contributed by atoms with van der Waals surface area (Å²) >= 11 is 37.2. The summed E-state index contributed by atoms with van der Waals surface area (Å²) in [5.74, 6) is 0.557. The molecule has 0 saturated heterocycles. The van der Waals surface area contributed by atoms with Crippen LogP contribution in [0.1, 0.15) is 91.5 Å². The molecule has 0 saturated carbocycles. The normalized spacial score (nSPS) is 13.8. The molecule has 0 unspecified atom stereocenters. The van der Waals surface area contributed by atoms with Crippen molar-refractivity contribution in [3.63, 3.8) is 0 Å². The minimum Gasteiger partial charge on any atom is -0.508 e. The Hall–Kier alpha value is -1.01. The lowest BCUT2D eigenvalue weighted by Crippen LogP contribution is -2.34. The number of cyclic esters (lactones) is 1.